The number of likely N-dealkylation sites (N-methyl/N-ethyl adjacent to an activating group) is 1. The van der Waals surface area contributed by atoms with Crippen molar-refractivity contribution in [3.05, 3.63) is 0 Å². The molecule has 7 nitrogen and oxygen atoms in total. The molecule has 1 saturated carbocycles. The zero-order chi connectivity index (χ0) is 16.7. The number of carbonyl (C=O) groups excluding carboxylic acids is 1. The number of ether oxygens (including phenoxy) is 2. The van der Waals surface area contributed by atoms with Gasteiger partial charge in [-0.15, -0.1) is 24.0 Å². The van der Waals surface area contributed by atoms with Crippen molar-refractivity contribution < 1.29 is 14.3 Å². The van der Waals surface area contributed by atoms with Crippen LogP contribution in [0.5, 0.6) is 0 Å². The van der Waals surface area contributed by atoms with Crippen molar-refractivity contribution in [2.45, 2.75) is 25.3 Å². The molecule has 0 aromatic carbocycles. The normalized spacial score (nSPS) is 21.8. The molecule has 2 rings (SSSR count). The van der Waals surface area contributed by atoms with Gasteiger partial charge in [-0.3, -0.25) is 4.79 Å². The Bertz CT molecular complexity index is 410. The fraction of sp³-hybridized carbons (Fsp3) is 0.875. The molecule has 140 valence electrons. The van der Waals surface area contributed by atoms with Gasteiger partial charge in [-0.1, -0.05) is 0 Å². The lowest BCUT2D eigenvalue weighted by Crippen LogP contribution is -2.48. The van der Waals surface area contributed by atoms with Crippen LogP contribution in [-0.2, 0) is 14.3 Å². The molecular weight excluding hydrogens is 423 g/mol. The zero-order valence-electron chi connectivity index (χ0n) is 14.9. The second-order valence-electron chi connectivity index (χ2n) is 6.61. The fourth-order valence-electron chi connectivity index (χ4n) is 2.58. The highest BCUT2D eigenvalue weighted by Crippen LogP contribution is 2.32. The molecule has 1 saturated heterocycles. The molecule has 2 unspecified atom stereocenters. The number of halogens is 1. The Kier molecular flexibility index (Phi) is 9.91. The van der Waals surface area contributed by atoms with Crippen LogP contribution in [0.4, 0.5) is 0 Å². The van der Waals surface area contributed by atoms with Crippen molar-refractivity contribution >= 4 is 35.8 Å². The SMILES string of the molecule is COCC(NC(=NCC(=O)N(C)C)NCC1CCOC1)C1CC1.I. The number of aliphatic imine (C=N–C) groups is 1. The van der Waals surface area contributed by atoms with Gasteiger partial charge >= 0.3 is 0 Å². The molecule has 0 radical (unpaired) electrons. The van der Waals surface area contributed by atoms with Gasteiger partial charge in [0.25, 0.3) is 0 Å². The highest BCUT2D eigenvalue weighted by Gasteiger charge is 2.32. The molecule has 1 heterocycles. The van der Waals surface area contributed by atoms with Gasteiger partial charge < -0.3 is 25.0 Å². The third kappa shape index (κ3) is 7.52. The zero-order valence-corrected chi connectivity index (χ0v) is 17.2. The van der Waals surface area contributed by atoms with Gasteiger partial charge in [-0.2, -0.15) is 0 Å². The fourth-order valence-corrected chi connectivity index (χ4v) is 2.58. The van der Waals surface area contributed by atoms with E-state index in [9.17, 15) is 4.79 Å². The van der Waals surface area contributed by atoms with E-state index in [1.54, 1.807) is 26.1 Å². The molecule has 2 aliphatic rings. The number of hydrogen-bond donors (Lipinski definition) is 2. The number of carbonyl (C=O) groups is 1. The van der Waals surface area contributed by atoms with Gasteiger partial charge in [0.1, 0.15) is 6.54 Å². The molecule has 0 bridgehead atoms. The van der Waals surface area contributed by atoms with E-state index < -0.39 is 0 Å². The van der Waals surface area contributed by atoms with E-state index in [-0.39, 0.29) is 42.5 Å². The number of nitrogens with zero attached hydrogens (tertiary/aromatic N) is 2. The minimum Gasteiger partial charge on any atom is -0.383 e. The summed E-state index contributed by atoms with van der Waals surface area (Å²) in [4.78, 5) is 17.8. The quantitative estimate of drug-likeness (QED) is 0.321. The van der Waals surface area contributed by atoms with Gasteiger partial charge in [-0.05, 0) is 25.2 Å². The minimum absolute atomic E-state index is 0. The number of amides is 1. The number of hydrogen-bond acceptors (Lipinski definition) is 4. The maximum atomic E-state index is 11.8. The van der Waals surface area contributed by atoms with Crippen LogP contribution in [0.2, 0.25) is 0 Å². The third-order valence-electron chi connectivity index (χ3n) is 4.31. The average molecular weight is 454 g/mol. The van der Waals surface area contributed by atoms with Crippen molar-refractivity contribution in [3.63, 3.8) is 0 Å². The molecule has 0 spiro atoms. The molecule has 2 atom stereocenters. The van der Waals surface area contributed by atoms with Crippen molar-refractivity contribution in [3.8, 4) is 0 Å². The largest absolute Gasteiger partial charge is 0.383 e. The molecule has 8 heteroatoms. The predicted octanol–water partition coefficient (Wildman–Crippen LogP) is 0.689. The van der Waals surface area contributed by atoms with Gasteiger partial charge in [0, 0.05) is 40.3 Å². The lowest BCUT2D eigenvalue weighted by Gasteiger charge is -2.22. The Hall–Kier alpha value is -0.610. The lowest BCUT2D eigenvalue weighted by atomic mass is 10.1. The van der Waals surface area contributed by atoms with Gasteiger partial charge in [0.2, 0.25) is 5.91 Å². The highest BCUT2D eigenvalue weighted by molar-refractivity contribution is 14.0. The average Bonchev–Trinajstić information content (AvgIpc) is 3.24. The molecule has 1 amide bonds. The summed E-state index contributed by atoms with van der Waals surface area (Å²) in [6, 6.07) is 0.250. The Morgan fingerprint density at radius 1 is 1.38 bits per heavy atom. The summed E-state index contributed by atoms with van der Waals surface area (Å²) in [6.45, 7) is 3.24. The molecule has 0 aromatic rings. The summed E-state index contributed by atoms with van der Waals surface area (Å²) in [5.74, 6) is 1.83. The first-order valence-corrected chi connectivity index (χ1v) is 8.41. The minimum atomic E-state index is -0.00925. The summed E-state index contributed by atoms with van der Waals surface area (Å²) in [5.41, 5.74) is 0. The first-order chi connectivity index (χ1) is 11.1. The van der Waals surface area contributed by atoms with E-state index in [1.807, 2.05) is 0 Å². The first-order valence-electron chi connectivity index (χ1n) is 8.41. The van der Waals surface area contributed by atoms with E-state index in [1.165, 1.54) is 12.8 Å². The van der Waals surface area contributed by atoms with Gasteiger partial charge in [-0.25, -0.2) is 4.99 Å². The summed E-state index contributed by atoms with van der Waals surface area (Å²) in [7, 11) is 5.20. The number of nitrogens with one attached hydrogen (secondary N) is 2. The van der Waals surface area contributed by atoms with Crippen LogP contribution in [0.25, 0.3) is 0 Å². The number of rotatable bonds is 8. The highest BCUT2D eigenvalue weighted by atomic mass is 127. The van der Waals surface area contributed by atoms with Crippen molar-refractivity contribution in [1.29, 1.82) is 0 Å². The molecule has 1 aliphatic heterocycles. The number of methoxy groups -OCH3 is 1. The van der Waals surface area contributed by atoms with E-state index in [4.69, 9.17) is 9.47 Å². The maximum Gasteiger partial charge on any atom is 0.243 e. The predicted molar refractivity (Wildman–Crippen MR) is 105 cm³/mol. The second kappa shape index (κ2) is 11.1. The van der Waals surface area contributed by atoms with Crippen molar-refractivity contribution in [2.24, 2.45) is 16.8 Å². The molecule has 2 N–H and O–H groups in total. The van der Waals surface area contributed by atoms with Crippen LogP contribution < -0.4 is 10.6 Å². The molecule has 1 aliphatic carbocycles. The van der Waals surface area contributed by atoms with E-state index >= 15 is 0 Å². The van der Waals surface area contributed by atoms with Crippen molar-refractivity contribution in [1.82, 2.24) is 15.5 Å². The Balaban J connectivity index is 0.00000288. The molecular formula is C16H31IN4O3. The summed E-state index contributed by atoms with van der Waals surface area (Å²) in [5, 5.41) is 6.80. The van der Waals surface area contributed by atoms with E-state index in [2.05, 4.69) is 15.6 Å². The molecule has 2 fully saturated rings. The van der Waals surface area contributed by atoms with Crippen LogP contribution in [0.3, 0.4) is 0 Å². The summed E-state index contributed by atoms with van der Waals surface area (Å²) >= 11 is 0. The Morgan fingerprint density at radius 3 is 2.67 bits per heavy atom. The molecule has 24 heavy (non-hydrogen) atoms. The first kappa shape index (κ1) is 21.4. The molecule has 0 aromatic heterocycles. The monoisotopic (exact) mass is 454 g/mol. The van der Waals surface area contributed by atoms with Crippen LogP contribution in [-0.4, -0.2) is 76.9 Å². The van der Waals surface area contributed by atoms with Gasteiger partial charge in [0.05, 0.1) is 19.3 Å². The van der Waals surface area contributed by atoms with Crippen LogP contribution >= 0.6 is 24.0 Å². The standard InChI is InChI=1S/C16H30N4O3.HI/c1-20(2)15(21)9-18-16(17-8-12-6-7-23-10-12)19-14(11-22-3)13-4-5-13;/h12-14H,4-11H2,1-3H3,(H2,17,18,19);1H. The summed E-state index contributed by atoms with van der Waals surface area (Å²) < 4.78 is 10.7. The van der Waals surface area contributed by atoms with Crippen molar-refractivity contribution in [2.75, 3.05) is 54.1 Å². The Morgan fingerprint density at radius 2 is 2.12 bits per heavy atom. The summed E-state index contributed by atoms with van der Waals surface area (Å²) in [6.07, 6.45) is 3.52. The van der Waals surface area contributed by atoms with E-state index in [0.29, 0.717) is 24.4 Å². The topological polar surface area (TPSA) is 75.2 Å². The Labute approximate surface area is 161 Å². The van der Waals surface area contributed by atoms with E-state index in [0.717, 1.165) is 26.2 Å². The smallest absolute Gasteiger partial charge is 0.243 e. The second-order valence-corrected chi connectivity index (χ2v) is 6.61. The lowest BCUT2D eigenvalue weighted by molar-refractivity contribution is -0.127. The van der Waals surface area contributed by atoms with Crippen LogP contribution in [0.15, 0.2) is 4.99 Å². The number of guanidine groups is 1. The van der Waals surface area contributed by atoms with Gasteiger partial charge in [0.15, 0.2) is 5.96 Å². The third-order valence-corrected chi connectivity index (χ3v) is 4.31. The van der Waals surface area contributed by atoms with Crippen LogP contribution in [0, 0.1) is 11.8 Å². The van der Waals surface area contributed by atoms with Crippen LogP contribution in [0.1, 0.15) is 19.3 Å². The maximum absolute atomic E-state index is 11.8.